The van der Waals surface area contributed by atoms with Crippen molar-refractivity contribution in [3.8, 4) is 11.5 Å². The lowest BCUT2D eigenvalue weighted by atomic mass is 10.1. The molecule has 0 saturated carbocycles. The normalized spacial score (nSPS) is 12.5. The molecule has 0 fully saturated rings. The molecule has 0 spiro atoms. The second-order valence-corrected chi connectivity index (χ2v) is 8.54. The molecular weight excluding hydrogens is 554 g/mol. The number of nitrogens with zero attached hydrogens (tertiary/aromatic N) is 2. The van der Waals surface area contributed by atoms with Gasteiger partial charge < -0.3 is 10.2 Å². The number of halogens is 2. The molecule has 2 aromatic carbocycles. The molecular formula is C20H22I2N2O2. The maximum atomic E-state index is 10.2. The van der Waals surface area contributed by atoms with E-state index in [0.29, 0.717) is 13.1 Å². The molecule has 0 aliphatic carbocycles. The maximum absolute atomic E-state index is 10.2. The van der Waals surface area contributed by atoms with Gasteiger partial charge in [-0.1, -0.05) is 0 Å². The molecule has 2 N–H and O–H groups in total. The third kappa shape index (κ3) is 5.18. The fraction of sp³-hybridized carbons (Fsp3) is 0.300. The van der Waals surface area contributed by atoms with Crippen molar-refractivity contribution < 1.29 is 10.2 Å². The third-order valence-corrected chi connectivity index (χ3v) is 5.64. The van der Waals surface area contributed by atoms with Gasteiger partial charge in [0.1, 0.15) is 11.5 Å². The van der Waals surface area contributed by atoms with Crippen LogP contribution in [0.15, 0.2) is 34.3 Å². The van der Waals surface area contributed by atoms with Gasteiger partial charge in [-0.2, -0.15) is 0 Å². The first-order valence-corrected chi connectivity index (χ1v) is 10.4. The van der Waals surface area contributed by atoms with Gasteiger partial charge in [0.25, 0.3) is 0 Å². The first kappa shape index (κ1) is 21.1. The van der Waals surface area contributed by atoms with Crippen molar-refractivity contribution in [3.63, 3.8) is 0 Å². The fourth-order valence-electron chi connectivity index (χ4n) is 2.63. The minimum absolute atomic E-state index is 0.274. The molecule has 0 aliphatic heterocycles. The summed E-state index contributed by atoms with van der Waals surface area (Å²) < 4.78 is 1.65. The molecule has 0 bridgehead atoms. The minimum atomic E-state index is 0.274. The Morgan fingerprint density at radius 1 is 0.769 bits per heavy atom. The van der Waals surface area contributed by atoms with E-state index in [-0.39, 0.29) is 11.5 Å². The molecule has 2 rings (SSSR count). The van der Waals surface area contributed by atoms with E-state index in [9.17, 15) is 10.2 Å². The van der Waals surface area contributed by atoms with Gasteiger partial charge in [-0.15, -0.1) is 0 Å². The Hall–Kier alpha value is -1.16. The molecule has 0 aromatic heterocycles. The second-order valence-electron chi connectivity index (χ2n) is 6.22. The number of hydrogen-bond donors (Lipinski definition) is 2. The van der Waals surface area contributed by atoms with Crippen LogP contribution in [0.1, 0.15) is 36.1 Å². The Balaban J connectivity index is 2.12. The van der Waals surface area contributed by atoms with Gasteiger partial charge in [0.05, 0.1) is 20.2 Å². The summed E-state index contributed by atoms with van der Waals surface area (Å²) in [6.45, 7) is 8.85. The Kier molecular flexibility index (Phi) is 7.45. The summed E-state index contributed by atoms with van der Waals surface area (Å²) in [5, 5.41) is 20.4. The highest BCUT2D eigenvalue weighted by molar-refractivity contribution is 14.1. The molecule has 6 heteroatoms. The van der Waals surface area contributed by atoms with Crippen LogP contribution in [0.3, 0.4) is 0 Å². The molecule has 0 heterocycles. The van der Waals surface area contributed by atoms with Crippen molar-refractivity contribution in [3.05, 3.63) is 53.7 Å². The summed E-state index contributed by atoms with van der Waals surface area (Å²) in [5.41, 5.74) is 5.31. The highest BCUT2D eigenvalue weighted by atomic mass is 127. The first-order valence-electron chi connectivity index (χ1n) is 8.21. The summed E-state index contributed by atoms with van der Waals surface area (Å²) in [4.78, 5) is 9.09. The Labute approximate surface area is 181 Å². The zero-order valence-electron chi connectivity index (χ0n) is 15.3. The topological polar surface area (TPSA) is 65.2 Å². The lowest BCUT2D eigenvalue weighted by Crippen LogP contribution is -2.03. The van der Waals surface area contributed by atoms with Crippen molar-refractivity contribution >= 4 is 56.6 Å². The Bertz CT molecular complexity index is 816. The molecule has 0 saturated heterocycles. The van der Waals surface area contributed by atoms with Crippen LogP contribution < -0.4 is 0 Å². The van der Waals surface area contributed by atoms with Crippen LogP contribution >= 0.6 is 45.2 Å². The highest BCUT2D eigenvalue weighted by Gasteiger charge is 2.10. The van der Waals surface area contributed by atoms with Crippen LogP contribution in [-0.4, -0.2) is 34.7 Å². The number of aromatic hydroxyl groups is 2. The van der Waals surface area contributed by atoms with Gasteiger partial charge >= 0.3 is 0 Å². The summed E-state index contributed by atoms with van der Waals surface area (Å²) >= 11 is 4.25. The van der Waals surface area contributed by atoms with Gasteiger partial charge in [0, 0.05) is 22.6 Å². The Morgan fingerprint density at radius 3 is 1.46 bits per heavy atom. The Morgan fingerprint density at radius 2 is 1.12 bits per heavy atom. The van der Waals surface area contributed by atoms with E-state index in [0.717, 1.165) is 40.8 Å². The van der Waals surface area contributed by atoms with E-state index in [2.05, 4.69) is 55.2 Å². The van der Waals surface area contributed by atoms with Gasteiger partial charge in [-0.25, -0.2) is 0 Å². The number of benzene rings is 2. The van der Waals surface area contributed by atoms with Crippen LogP contribution in [0.25, 0.3) is 0 Å². The van der Waals surface area contributed by atoms with Crippen molar-refractivity contribution in [2.24, 2.45) is 9.98 Å². The number of phenols is 2. The van der Waals surface area contributed by atoms with Crippen molar-refractivity contribution in [2.45, 2.75) is 27.7 Å². The molecule has 138 valence electrons. The van der Waals surface area contributed by atoms with E-state index in [4.69, 9.17) is 0 Å². The fourth-order valence-corrected chi connectivity index (χ4v) is 4.19. The quantitative estimate of drug-likeness (QED) is 0.291. The molecule has 2 aromatic rings. The van der Waals surface area contributed by atoms with Crippen LogP contribution in [0, 0.1) is 21.0 Å². The average molecular weight is 576 g/mol. The summed E-state index contributed by atoms with van der Waals surface area (Å²) in [6, 6.07) is 7.77. The van der Waals surface area contributed by atoms with Gasteiger partial charge in [0.2, 0.25) is 0 Å². The van der Waals surface area contributed by atoms with E-state index in [1.54, 1.807) is 0 Å². The number of aryl methyl sites for hydroxylation is 2. The van der Waals surface area contributed by atoms with Crippen molar-refractivity contribution in [1.82, 2.24) is 0 Å². The van der Waals surface area contributed by atoms with Crippen LogP contribution in [0.4, 0.5) is 0 Å². The number of phenolic OH excluding ortho intramolecular Hbond substituents is 2. The second kappa shape index (κ2) is 9.16. The number of rotatable bonds is 5. The summed E-state index contributed by atoms with van der Waals surface area (Å²) in [7, 11) is 0. The molecule has 0 amide bonds. The predicted molar refractivity (Wildman–Crippen MR) is 125 cm³/mol. The molecule has 0 unspecified atom stereocenters. The van der Waals surface area contributed by atoms with Gasteiger partial charge in [-0.3, -0.25) is 9.98 Å². The van der Waals surface area contributed by atoms with Crippen LogP contribution in [0.2, 0.25) is 0 Å². The molecule has 0 atom stereocenters. The van der Waals surface area contributed by atoms with E-state index < -0.39 is 0 Å². The lowest BCUT2D eigenvalue weighted by molar-refractivity contribution is 0.469. The number of aliphatic imine (C=N–C) groups is 2. The summed E-state index contributed by atoms with van der Waals surface area (Å²) in [5.74, 6) is 0.549. The van der Waals surface area contributed by atoms with Crippen molar-refractivity contribution in [1.29, 1.82) is 0 Å². The molecule has 4 nitrogen and oxygen atoms in total. The average Bonchev–Trinajstić information content (AvgIpc) is 2.57. The van der Waals surface area contributed by atoms with E-state index >= 15 is 0 Å². The third-order valence-electron chi connectivity index (χ3n) is 3.99. The van der Waals surface area contributed by atoms with Crippen molar-refractivity contribution in [2.75, 3.05) is 13.1 Å². The molecule has 0 radical (unpaired) electrons. The van der Waals surface area contributed by atoms with E-state index in [1.165, 1.54) is 0 Å². The SMILES string of the molecule is CC(=NCCN=C(C)c1cc(C)cc(I)c1O)c1cc(C)cc(I)c1O. The predicted octanol–water partition coefficient (Wildman–Crippen LogP) is 5.24. The largest absolute Gasteiger partial charge is 0.506 e. The smallest absolute Gasteiger partial charge is 0.137 e. The van der Waals surface area contributed by atoms with Gasteiger partial charge in [-0.05, 0) is 108 Å². The first-order chi connectivity index (χ1) is 12.2. The standard InChI is InChI=1S/C20H22I2N2O2/c1-11-7-15(19(25)17(21)9-11)13(3)23-5-6-24-14(4)16-8-12(2)10-18(22)20(16)26/h7-10,25-26H,5-6H2,1-4H3. The van der Waals surface area contributed by atoms with Crippen LogP contribution in [0.5, 0.6) is 11.5 Å². The summed E-state index contributed by atoms with van der Waals surface area (Å²) in [6.07, 6.45) is 0. The van der Waals surface area contributed by atoms with Gasteiger partial charge in [0.15, 0.2) is 0 Å². The maximum Gasteiger partial charge on any atom is 0.137 e. The molecule has 0 aliphatic rings. The minimum Gasteiger partial charge on any atom is -0.506 e. The monoisotopic (exact) mass is 576 g/mol. The van der Waals surface area contributed by atoms with Crippen LogP contribution in [-0.2, 0) is 0 Å². The van der Waals surface area contributed by atoms with E-state index in [1.807, 2.05) is 52.0 Å². The zero-order valence-corrected chi connectivity index (χ0v) is 19.6. The molecule has 26 heavy (non-hydrogen) atoms. The zero-order chi connectivity index (χ0) is 19.4. The number of hydrogen-bond acceptors (Lipinski definition) is 4. The lowest BCUT2D eigenvalue weighted by Gasteiger charge is -2.09. The highest BCUT2D eigenvalue weighted by Crippen LogP contribution is 2.27.